The number of nitrogens with zero attached hydrogens (tertiary/aromatic N) is 2. The van der Waals surface area contributed by atoms with E-state index in [9.17, 15) is 9.59 Å². The lowest BCUT2D eigenvalue weighted by Gasteiger charge is -2.25. The van der Waals surface area contributed by atoms with Crippen molar-refractivity contribution in [2.24, 2.45) is 11.1 Å². The van der Waals surface area contributed by atoms with E-state index < -0.39 is 0 Å². The van der Waals surface area contributed by atoms with E-state index >= 15 is 0 Å². The van der Waals surface area contributed by atoms with Gasteiger partial charge in [-0.15, -0.1) is 23.7 Å². The largest absolute Gasteiger partial charge is 0.350 e. The Morgan fingerprint density at radius 1 is 1.48 bits per heavy atom. The molecule has 6 nitrogen and oxygen atoms in total. The van der Waals surface area contributed by atoms with Gasteiger partial charge in [-0.3, -0.25) is 14.5 Å². The highest BCUT2D eigenvalue weighted by Crippen LogP contribution is 2.28. The van der Waals surface area contributed by atoms with Gasteiger partial charge in [0.2, 0.25) is 11.8 Å². The maximum Gasteiger partial charge on any atom is 0.239 e. The van der Waals surface area contributed by atoms with Gasteiger partial charge < -0.3 is 16.0 Å². The molecule has 0 aliphatic carbocycles. The summed E-state index contributed by atoms with van der Waals surface area (Å²) >= 11 is 1.61. The number of halogens is 1. The summed E-state index contributed by atoms with van der Waals surface area (Å²) in [5.74, 6) is -0.114. The third-order valence-electron chi connectivity index (χ3n) is 4.60. The zero-order valence-corrected chi connectivity index (χ0v) is 16.6. The number of hydrogen-bond acceptors (Lipinski definition) is 5. The zero-order chi connectivity index (χ0) is 17.6. The second kappa shape index (κ2) is 10.1. The predicted octanol–water partition coefficient (Wildman–Crippen LogP) is 1.31. The standard InChI is InChI=1S/C17H28N4O2S.ClH/c1-3-21(10-15(22)19-9-14-5-4-8-24-14)16(23)11-20-7-6-17(2,12-18)13-20;/h4-5,8H,3,6-7,9-13,18H2,1-2H3,(H,19,22);1H. The van der Waals surface area contributed by atoms with E-state index in [-0.39, 0.29) is 36.2 Å². The number of nitrogens with one attached hydrogen (secondary N) is 1. The molecule has 2 heterocycles. The van der Waals surface area contributed by atoms with Crippen molar-refractivity contribution in [1.29, 1.82) is 0 Å². The molecule has 25 heavy (non-hydrogen) atoms. The second-order valence-electron chi connectivity index (χ2n) is 6.74. The van der Waals surface area contributed by atoms with Gasteiger partial charge in [0, 0.05) is 18.0 Å². The number of likely N-dealkylation sites (N-methyl/N-ethyl adjacent to an activating group) is 1. The average Bonchev–Trinajstić information content (AvgIpc) is 3.21. The molecule has 1 aliphatic heterocycles. The summed E-state index contributed by atoms with van der Waals surface area (Å²) in [5, 5.41) is 4.85. The molecule has 2 amide bonds. The van der Waals surface area contributed by atoms with Crippen LogP contribution in [0, 0.1) is 5.41 Å². The first-order chi connectivity index (χ1) is 11.5. The third kappa shape index (κ3) is 6.58. The summed E-state index contributed by atoms with van der Waals surface area (Å²) in [6.07, 6.45) is 1.02. The van der Waals surface area contributed by atoms with Crippen LogP contribution in [0.3, 0.4) is 0 Å². The minimum Gasteiger partial charge on any atom is -0.350 e. The highest BCUT2D eigenvalue weighted by atomic mass is 35.5. The molecular weight excluding hydrogens is 360 g/mol. The monoisotopic (exact) mass is 388 g/mol. The molecule has 0 saturated carbocycles. The SMILES string of the molecule is CCN(CC(=O)NCc1cccs1)C(=O)CN1CCC(C)(CN)C1.Cl. The summed E-state index contributed by atoms with van der Waals surface area (Å²) < 4.78 is 0. The quantitative estimate of drug-likeness (QED) is 0.703. The van der Waals surface area contributed by atoms with Crippen molar-refractivity contribution < 1.29 is 9.59 Å². The minimum atomic E-state index is -0.119. The Bertz CT molecular complexity index is 555. The van der Waals surface area contributed by atoms with Gasteiger partial charge >= 0.3 is 0 Å². The number of carbonyl (C=O) groups is 2. The fourth-order valence-corrected chi connectivity index (χ4v) is 3.57. The van der Waals surface area contributed by atoms with E-state index in [0.717, 1.165) is 24.4 Å². The number of carbonyl (C=O) groups excluding carboxylic acids is 2. The molecule has 1 aromatic rings. The van der Waals surface area contributed by atoms with E-state index in [1.807, 2.05) is 24.4 Å². The Kier molecular flexibility index (Phi) is 8.85. The Balaban J connectivity index is 0.00000312. The van der Waals surface area contributed by atoms with Gasteiger partial charge in [0.05, 0.1) is 19.6 Å². The van der Waals surface area contributed by atoms with Gasteiger partial charge in [-0.1, -0.05) is 13.0 Å². The molecule has 1 fully saturated rings. The molecule has 0 aromatic carbocycles. The number of nitrogens with two attached hydrogens (primary N) is 1. The summed E-state index contributed by atoms with van der Waals surface area (Å²) in [6, 6.07) is 3.94. The van der Waals surface area contributed by atoms with Crippen LogP contribution in [0.15, 0.2) is 17.5 Å². The minimum absolute atomic E-state index is 0. The summed E-state index contributed by atoms with van der Waals surface area (Å²) in [7, 11) is 0. The first kappa shape index (κ1) is 21.9. The van der Waals surface area contributed by atoms with Crippen LogP contribution in [0.25, 0.3) is 0 Å². The molecule has 8 heteroatoms. The fourth-order valence-electron chi connectivity index (χ4n) is 2.92. The molecule has 0 spiro atoms. The molecule has 3 N–H and O–H groups in total. The highest BCUT2D eigenvalue weighted by molar-refractivity contribution is 7.09. The van der Waals surface area contributed by atoms with E-state index in [1.54, 1.807) is 16.2 Å². The van der Waals surface area contributed by atoms with Gasteiger partial charge in [0.25, 0.3) is 0 Å². The lowest BCUT2D eigenvalue weighted by molar-refractivity contribution is -0.136. The number of thiophene rings is 1. The summed E-state index contributed by atoms with van der Waals surface area (Å²) in [5.41, 5.74) is 5.92. The molecule has 142 valence electrons. The lowest BCUT2D eigenvalue weighted by Crippen LogP contribution is -2.45. The van der Waals surface area contributed by atoms with E-state index in [0.29, 0.717) is 26.2 Å². The first-order valence-corrected chi connectivity index (χ1v) is 9.33. The summed E-state index contributed by atoms with van der Waals surface area (Å²) in [6.45, 7) is 7.96. The van der Waals surface area contributed by atoms with Crippen LogP contribution in [0.5, 0.6) is 0 Å². The predicted molar refractivity (Wildman–Crippen MR) is 104 cm³/mol. The van der Waals surface area contributed by atoms with Crippen molar-refractivity contribution in [3.8, 4) is 0 Å². The van der Waals surface area contributed by atoms with Crippen LogP contribution >= 0.6 is 23.7 Å². The van der Waals surface area contributed by atoms with Crippen molar-refractivity contribution in [2.75, 3.05) is 39.3 Å². The van der Waals surface area contributed by atoms with Crippen molar-refractivity contribution in [3.05, 3.63) is 22.4 Å². The number of likely N-dealkylation sites (tertiary alicyclic amines) is 1. The van der Waals surface area contributed by atoms with Crippen LogP contribution in [0.2, 0.25) is 0 Å². The van der Waals surface area contributed by atoms with Crippen molar-refractivity contribution in [2.45, 2.75) is 26.8 Å². The molecule has 1 saturated heterocycles. The molecule has 1 atom stereocenters. The maximum absolute atomic E-state index is 12.5. The zero-order valence-electron chi connectivity index (χ0n) is 15.0. The van der Waals surface area contributed by atoms with E-state index in [1.165, 1.54) is 0 Å². The average molecular weight is 389 g/mol. The Hall–Kier alpha value is -1.15. The maximum atomic E-state index is 12.5. The highest BCUT2D eigenvalue weighted by Gasteiger charge is 2.33. The van der Waals surface area contributed by atoms with Crippen molar-refractivity contribution in [3.63, 3.8) is 0 Å². The molecule has 1 aliphatic rings. The first-order valence-electron chi connectivity index (χ1n) is 8.45. The molecular formula is C17H29ClN4O2S. The Morgan fingerprint density at radius 2 is 2.24 bits per heavy atom. The van der Waals surface area contributed by atoms with Crippen LogP contribution in [0.1, 0.15) is 25.1 Å². The molecule has 0 bridgehead atoms. The Labute approximate surface area is 160 Å². The third-order valence-corrected chi connectivity index (χ3v) is 5.47. The number of amides is 2. The summed E-state index contributed by atoms with van der Waals surface area (Å²) in [4.78, 5) is 29.4. The fraction of sp³-hybridized carbons (Fsp3) is 0.647. The normalized spacial score (nSPS) is 20.1. The number of hydrogen-bond donors (Lipinski definition) is 2. The molecule has 1 aromatic heterocycles. The van der Waals surface area contributed by atoms with Gasteiger partial charge in [0.1, 0.15) is 0 Å². The Morgan fingerprint density at radius 3 is 2.80 bits per heavy atom. The van der Waals surface area contributed by atoms with E-state index in [4.69, 9.17) is 5.73 Å². The van der Waals surface area contributed by atoms with Gasteiger partial charge in [-0.25, -0.2) is 0 Å². The second-order valence-corrected chi connectivity index (χ2v) is 7.77. The molecule has 1 unspecified atom stereocenters. The topological polar surface area (TPSA) is 78.7 Å². The van der Waals surface area contributed by atoms with Gasteiger partial charge in [0.15, 0.2) is 0 Å². The molecule has 0 radical (unpaired) electrons. The van der Waals surface area contributed by atoms with Crippen LogP contribution < -0.4 is 11.1 Å². The van der Waals surface area contributed by atoms with Crippen LogP contribution in [-0.4, -0.2) is 60.9 Å². The van der Waals surface area contributed by atoms with Crippen molar-refractivity contribution >= 4 is 35.6 Å². The lowest BCUT2D eigenvalue weighted by atomic mass is 9.90. The van der Waals surface area contributed by atoms with Crippen LogP contribution in [-0.2, 0) is 16.1 Å². The molecule has 2 rings (SSSR count). The van der Waals surface area contributed by atoms with Gasteiger partial charge in [-0.05, 0) is 43.3 Å². The van der Waals surface area contributed by atoms with E-state index in [2.05, 4.69) is 17.1 Å². The smallest absolute Gasteiger partial charge is 0.239 e. The van der Waals surface area contributed by atoms with Crippen molar-refractivity contribution in [1.82, 2.24) is 15.1 Å². The van der Waals surface area contributed by atoms with Gasteiger partial charge in [-0.2, -0.15) is 0 Å². The van der Waals surface area contributed by atoms with Crippen LogP contribution in [0.4, 0.5) is 0 Å². The number of rotatable bonds is 8.